The maximum absolute atomic E-state index is 11.7. The fourth-order valence-electron chi connectivity index (χ4n) is 1.17. The summed E-state index contributed by atoms with van der Waals surface area (Å²) >= 11 is 1.23. The van der Waals surface area contributed by atoms with E-state index in [-0.39, 0.29) is 24.3 Å². The second-order valence-electron chi connectivity index (χ2n) is 3.52. The first kappa shape index (κ1) is 12.9. The minimum Gasteiger partial charge on any atom is -0.394 e. The molecular formula is C11H15NO3S. The molecule has 0 aliphatic rings. The molecule has 88 valence electrons. The average Bonchev–Trinajstić information content (AvgIpc) is 2.74. The number of aliphatic hydroxyl groups excluding tert-OH is 1. The second-order valence-corrected chi connectivity index (χ2v) is 4.43. The predicted octanol–water partition coefficient (Wildman–Crippen LogP) is 1.45. The van der Waals surface area contributed by atoms with Crippen LogP contribution >= 0.6 is 11.3 Å². The standard InChI is InChI=1S/C11H15NO3S/c1-3-9(5-13)12-11(15)10-4-8(6-16-10)7(2)14/h4,6,9,13H,3,5H2,1-2H3,(H,12,15). The second kappa shape index (κ2) is 5.77. The highest BCUT2D eigenvalue weighted by Gasteiger charge is 2.14. The molecule has 0 saturated carbocycles. The van der Waals surface area contributed by atoms with Crippen molar-refractivity contribution in [1.29, 1.82) is 0 Å². The summed E-state index contributed by atoms with van der Waals surface area (Å²) in [6, 6.07) is 1.35. The number of ketones is 1. The van der Waals surface area contributed by atoms with Crippen LogP contribution in [0.5, 0.6) is 0 Å². The van der Waals surface area contributed by atoms with Crippen molar-refractivity contribution in [2.75, 3.05) is 6.61 Å². The van der Waals surface area contributed by atoms with Crippen LogP contribution in [-0.4, -0.2) is 29.4 Å². The van der Waals surface area contributed by atoms with Gasteiger partial charge in [0.2, 0.25) is 0 Å². The number of carbonyl (C=O) groups is 2. The minimum absolute atomic E-state index is 0.0514. The van der Waals surface area contributed by atoms with E-state index in [1.165, 1.54) is 18.3 Å². The van der Waals surface area contributed by atoms with Gasteiger partial charge in [-0.05, 0) is 19.4 Å². The molecule has 1 rings (SSSR count). The van der Waals surface area contributed by atoms with Crippen molar-refractivity contribution in [1.82, 2.24) is 5.32 Å². The zero-order chi connectivity index (χ0) is 12.1. The van der Waals surface area contributed by atoms with Gasteiger partial charge in [-0.3, -0.25) is 9.59 Å². The normalized spacial score (nSPS) is 12.2. The van der Waals surface area contributed by atoms with Crippen molar-refractivity contribution in [3.8, 4) is 0 Å². The molecule has 5 heteroatoms. The molecular weight excluding hydrogens is 226 g/mol. The predicted molar refractivity (Wildman–Crippen MR) is 63.0 cm³/mol. The average molecular weight is 241 g/mol. The van der Waals surface area contributed by atoms with Gasteiger partial charge in [-0.1, -0.05) is 6.92 Å². The van der Waals surface area contributed by atoms with Crippen molar-refractivity contribution in [2.24, 2.45) is 0 Å². The van der Waals surface area contributed by atoms with Gasteiger partial charge in [0, 0.05) is 10.9 Å². The van der Waals surface area contributed by atoms with Gasteiger partial charge in [-0.2, -0.15) is 0 Å². The summed E-state index contributed by atoms with van der Waals surface area (Å²) in [5.41, 5.74) is 0.548. The number of hydrogen-bond donors (Lipinski definition) is 2. The zero-order valence-electron chi connectivity index (χ0n) is 9.32. The number of nitrogens with one attached hydrogen (secondary N) is 1. The summed E-state index contributed by atoms with van der Waals surface area (Å²) in [5.74, 6) is -0.289. The van der Waals surface area contributed by atoms with Crippen molar-refractivity contribution in [3.63, 3.8) is 0 Å². The number of aliphatic hydroxyl groups is 1. The van der Waals surface area contributed by atoms with E-state index >= 15 is 0 Å². The van der Waals surface area contributed by atoms with Crippen LogP contribution in [0.1, 0.15) is 40.3 Å². The van der Waals surface area contributed by atoms with Gasteiger partial charge < -0.3 is 10.4 Å². The summed E-state index contributed by atoms with van der Waals surface area (Å²) in [5, 5.41) is 13.3. The van der Waals surface area contributed by atoms with E-state index in [0.29, 0.717) is 16.9 Å². The highest BCUT2D eigenvalue weighted by atomic mass is 32.1. The highest BCUT2D eigenvalue weighted by Crippen LogP contribution is 2.15. The number of carbonyl (C=O) groups excluding carboxylic acids is 2. The van der Waals surface area contributed by atoms with Crippen molar-refractivity contribution >= 4 is 23.0 Å². The Labute approximate surface area is 98.3 Å². The quantitative estimate of drug-likeness (QED) is 0.767. The lowest BCUT2D eigenvalue weighted by molar-refractivity contribution is 0.0919. The lowest BCUT2D eigenvalue weighted by atomic mass is 10.2. The Morgan fingerprint density at radius 2 is 2.25 bits per heavy atom. The molecule has 4 nitrogen and oxygen atoms in total. The highest BCUT2D eigenvalue weighted by molar-refractivity contribution is 7.12. The number of Topliss-reactive ketones (excluding diaryl/α,β-unsaturated/α-hetero) is 1. The Hall–Kier alpha value is -1.20. The van der Waals surface area contributed by atoms with Crippen LogP contribution in [0.3, 0.4) is 0 Å². The summed E-state index contributed by atoms with van der Waals surface area (Å²) in [7, 11) is 0. The summed E-state index contributed by atoms with van der Waals surface area (Å²) < 4.78 is 0. The van der Waals surface area contributed by atoms with Gasteiger partial charge in [0.25, 0.3) is 5.91 Å². The zero-order valence-corrected chi connectivity index (χ0v) is 10.1. The van der Waals surface area contributed by atoms with Gasteiger partial charge in [0.05, 0.1) is 17.5 Å². The summed E-state index contributed by atoms with van der Waals surface area (Å²) in [6.07, 6.45) is 0.674. The number of hydrogen-bond acceptors (Lipinski definition) is 4. The lowest BCUT2D eigenvalue weighted by Crippen LogP contribution is -2.36. The van der Waals surface area contributed by atoms with Crippen LogP contribution in [0.2, 0.25) is 0 Å². The molecule has 0 spiro atoms. The molecule has 1 amide bonds. The topological polar surface area (TPSA) is 66.4 Å². The van der Waals surface area contributed by atoms with E-state index in [4.69, 9.17) is 5.11 Å². The molecule has 2 N–H and O–H groups in total. The number of amides is 1. The molecule has 0 aliphatic heterocycles. The SMILES string of the molecule is CCC(CO)NC(=O)c1cc(C(C)=O)cs1. The molecule has 16 heavy (non-hydrogen) atoms. The third-order valence-corrected chi connectivity index (χ3v) is 3.21. The molecule has 1 atom stereocenters. The fourth-order valence-corrected chi connectivity index (χ4v) is 2.02. The van der Waals surface area contributed by atoms with Gasteiger partial charge in [0.15, 0.2) is 5.78 Å². The molecule has 0 bridgehead atoms. The van der Waals surface area contributed by atoms with Gasteiger partial charge >= 0.3 is 0 Å². The summed E-state index contributed by atoms with van der Waals surface area (Å²) in [4.78, 5) is 23.2. The van der Waals surface area contributed by atoms with Gasteiger partial charge in [0.1, 0.15) is 0 Å². The Kier molecular flexibility index (Phi) is 4.64. The number of rotatable bonds is 5. The van der Waals surface area contributed by atoms with E-state index in [9.17, 15) is 9.59 Å². The minimum atomic E-state index is -0.238. The fraction of sp³-hybridized carbons (Fsp3) is 0.455. The van der Waals surface area contributed by atoms with Crippen molar-refractivity contribution in [3.05, 3.63) is 21.9 Å². The molecule has 0 aromatic carbocycles. The molecule has 1 aromatic rings. The largest absolute Gasteiger partial charge is 0.394 e. The third kappa shape index (κ3) is 3.15. The summed E-state index contributed by atoms with van der Waals surface area (Å²) in [6.45, 7) is 3.27. The van der Waals surface area contributed by atoms with E-state index < -0.39 is 0 Å². The Morgan fingerprint density at radius 1 is 1.56 bits per heavy atom. The lowest BCUT2D eigenvalue weighted by Gasteiger charge is -2.12. The molecule has 0 aliphatic carbocycles. The molecule has 0 saturated heterocycles. The molecule has 1 unspecified atom stereocenters. The van der Waals surface area contributed by atoms with E-state index in [1.54, 1.807) is 11.4 Å². The monoisotopic (exact) mass is 241 g/mol. The molecule has 0 radical (unpaired) electrons. The Morgan fingerprint density at radius 3 is 2.69 bits per heavy atom. The first-order valence-electron chi connectivity index (χ1n) is 5.09. The van der Waals surface area contributed by atoms with Gasteiger partial charge in [-0.15, -0.1) is 11.3 Å². The molecule has 1 heterocycles. The van der Waals surface area contributed by atoms with E-state index in [1.807, 2.05) is 6.92 Å². The van der Waals surface area contributed by atoms with Crippen molar-refractivity contribution in [2.45, 2.75) is 26.3 Å². The first-order valence-corrected chi connectivity index (χ1v) is 5.97. The maximum Gasteiger partial charge on any atom is 0.261 e. The van der Waals surface area contributed by atoms with Crippen LogP contribution in [-0.2, 0) is 0 Å². The Bertz CT molecular complexity index is 382. The van der Waals surface area contributed by atoms with Gasteiger partial charge in [-0.25, -0.2) is 0 Å². The smallest absolute Gasteiger partial charge is 0.261 e. The Balaban J connectivity index is 2.69. The molecule has 1 aromatic heterocycles. The number of thiophene rings is 1. The first-order chi connectivity index (χ1) is 7.58. The van der Waals surface area contributed by atoms with Crippen LogP contribution in [0.15, 0.2) is 11.4 Å². The van der Waals surface area contributed by atoms with Crippen LogP contribution in [0.25, 0.3) is 0 Å². The van der Waals surface area contributed by atoms with Crippen LogP contribution in [0.4, 0.5) is 0 Å². The van der Waals surface area contributed by atoms with Crippen LogP contribution in [0, 0.1) is 0 Å². The molecule has 0 fully saturated rings. The van der Waals surface area contributed by atoms with Crippen LogP contribution < -0.4 is 5.32 Å². The third-order valence-electron chi connectivity index (χ3n) is 2.28. The maximum atomic E-state index is 11.7. The van der Waals surface area contributed by atoms with E-state index in [0.717, 1.165) is 0 Å². The van der Waals surface area contributed by atoms with Crippen molar-refractivity contribution < 1.29 is 14.7 Å². The van der Waals surface area contributed by atoms with E-state index in [2.05, 4.69) is 5.32 Å².